The molecule has 2 aliphatic rings. The van der Waals surface area contributed by atoms with Gasteiger partial charge >= 0.3 is 0 Å². The average molecular weight is 436 g/mol. The standard InChI is InChI=1S/C29H38ClN/c1-2-3-4-22-7-12-25(13-8-22)26-14-9-23(10-15-26)5-6-24-11-20-29(31-21-24)27-16-18-28(30)19-17-27/h2,11,16-23,25-26H,1,3-10,12-15H2/t22-,23?,25-,26?. The second-order valence-electron chi connectivity index (χ2n) is 10.0. The van der Waals surface area contributed by atoms with E-state index in [1.807, 2.05) is 24.3 Å². The van der Waals surface area contributed by atoms with Gasteiger partial charge in [-0.3, -0.25) is 4.98 Å². The summed E-state index contributed by atoms with van der Waals surface area (Å²) in [6, 6.07) is 12.3. The third-order valence-corrected chi connectivity index (χ3v) is 8.29. The lowest BCUT2D eigenvalue weighted by molar-refractivity contribution is 0.141. The van der Waals surface area contributed by atoms with Gasteiger partial charge in [0.05, 0.1) is 5.69 Å². The van der Waals surface area contributed by atoms with Gasteiger partial charge in [-0.25, -0.2) is 0 Å². The maximum atomic E-state index is 5.99. The average Bonchev–Trinajstić information content (AvgIpc) is 2.83. The molecule has 0 atom stereocenters. The van der Waals surface area contributed by atoms with Crippen LogP contribution in [-0.2, 0) is 6.42 Å². The molecular weight excluding hydrogens is 398 g/mol. The number of hydrogen-bond acceptors (Lipinski definition) is 1. The molecule has 1 heterocycles. The lowest BCUT2D eigenvalue weighted by Gasteiger charge is -2.38. The molecule has 0 spiro atoms. The molecule has 0 radical (unpaired) electrons. The van der Waals surface area contributed by atoms with Crippen LogP contribution in [0.25, 0.3) is 11.3 Å². The van der Waals surface area contributed by atoms with Crippen LogP contribution in [0.1, 0.15) is 76.2 Å². The molecule has 2 aromatic rings. The van der Waals surface area contributed by atoms with Crippen LogP contribution in [0, 0.1) is 23.7 Å². The van der Waals surface area contributed by atoms with Gasteiger partial charge in [0.25, 0.3) is 0 Å². The predicted octanol–water partition coefficient (Wildman–Crippen LogP) is 8.91. The number of rotatable bonds is 8. The molecule has 2 fully saturated rings. The zero-order valence-corrected chi connectivity index (χ0v) is 19.7. The Bertz CT molecular complexity index is 794. The van der Waals surface area contributed by atoms with E-state index in [0.717, 1.165) is 46.4 Å². The number of pyridine rings is 1. The second-order valence-corrected chi connectivity index (χ2v) is 10.5. The quantitative estimate of drug-likeness (QED) is 0.377. The van der Waals surface area contributed by atoms with Gasteiger partial charge in [0.1, 0.15) is 0 Å². The van der Waals surface area contributed by atoms with Gasteiger partial charge < -0.3 is 0 Å². The number of aromatic nitrogens is 1. The molecule has 166 valence electrons. The minimum Gasteiger partial charge on any atom is -0.256 e. The fourth-order valence-corrected chi connectivity index (χ4v) is 6.11. The van der Waals surface area contributed by atoms with Crippen molar-refractivity contribution in [3.05, 3.63) is 65.8 Å². The Labute approximate surface area is 194 Å². The van der Waals surface area contributed by atoms with E-state index in [9.17, 15) is 0 Å². The molecular formula is C29H38ClN. The van der Waals surface area contributed by atoms with Crippen LogP contribution >= 0.6 is 11.6 Å². The van der Waals surface area contributed by atoms with Gasteiger partial charge in [-0.15, -0.1) is 6.58 Å². The summed E-state index contributed by atoms with van der Waals surface area (Å²) in [6.07, 6.45) is 21.0. The number of aryl methyl sites for hydroxylation is 1. The number of nitrogens with zero attached hydrogens (tertiary/aromatic N) is 1. The van der Waals surface area contributed by atoms with Crippen LogP contribution < -0.4 is 0 Å². The summed E-state index contributed by atoms with van der Waals surface area (Å²) in [6.45, 7) is 3.89. The van der Waals surface area contributed by atoms with Gasteiger partial charge in [-0.1, -0.05) is 61.6 Å². The highest BCUT2D eigenvalue weighted by Gasteiger charge is 2.30. The maximum absolute atomic E-state index is 5.99. The van der Waals surface area contributed by atoms with Crippen molar-refractivity contribution in [2.45, 2.75) is 77.0 Å². The summed E-state index contributed by atoms with van der Waals surface area (Å²) in [5, 5.41) is 0.770. The monoisotopic (exact) mass is 435 g/mol. The summed E-state index contributed by atoms with van der Waals surface area (Å²) in [4.78, 5) is 4.69. The fraction of sp³-hybridized carbons (Fsp3) is 0.552. The summed E-state index contributed by atoms with van der Waals surface area (Å²) >= 11 is 5.99. The van der Waals surface area contributed by atoms with Crippen LogP contribution in [0.5, 0.6) is 0 Å². The highest BCUT2D eigenvalue weighted by atomic mass is 35.5. The third-order valence-electron chi connectivity index (χ3n) is 8.03. The van der Waals surface area contributed by atoms with Gasteiger partial charge in [0.15, 0.2) is 0 Å². The molecule has 4 rings (SSSR count). The first-order valence-corrected chi connectivity index (χ1v) is 12.9. The van der Waals surface area contributed by atoms with E-state index in [1.165, 1.54) is 76.2 Å². The van der Waals surface area contributed by atoms with Crippen LogP contribution in [0.4, 0.5) is 0 Å². The Balaban J connectivity index is 1.18. The second kappa shape index (κ2) is 11.3. The van der Waals surface area contributed by atoms with Gasteiger partial charge in [0, 0.05) is 16.8 Å². The largest absolute Gasteiger partial charge is 0.256 e. The van der Waals surface area contributed by atoms with Crippen LogP contribution in [-0.4, -0.2) is 4.98 Å². The van der Waals surface area contributed by atoms with E-state index < -0.39 is 0 Å². The zero-order valence-electron chi connectivity index (χ0n) is 18.9. The molecule has 1 nitrogen and oxygen atoms in total. The Hall–Kier alpha value is -1.60. The SMILES string of the molecule is C=CCC[C@H]1CC[C@H](C2CCC(CCc3ccc(-c4ccc(Cl)cc4)nc3)CC2)CC1. The van der Waals surface area contributed by atoms with E-state index in [1.54, 1.807) is 0 Å². The Morgan fingerprint density at radius 1 is 0.806 bits per heavy atom. The number of benzene rings is 1. The molecule has 0 unspecified atom stereocenters. The summed E-state index contributed by atoms with van der Waals surface area (Å²) in [7, 11) is 0. The third kappa shape index (κ3) is 6.45. The maximum Gasteiger partial charge on any atom is 0.0702 e. The molecule has 0 bridgehead atoms. The van der Waals surface area contributed by atoms with E-state index in [-0.39, 0.29) is 0 Å². The van der Waals surface area contributed by atoms with Crippen molar-refractivity contribution in [2.24, 2.45) is 23.7 Å². The zero-order chi connectivity index (χ0) is 21.5. The highest BCUT2D eigenvalue weighted by molar-refractivity contribution is 6.30. The normalized spacial score (nSPS) is 26.5. The van der Waals surface area contributed by atoms with Crippen molar-refractivity contribution in [1.82, 2.24) is 4.98 Å². The van der Waals surface area contributed by atoms with Crippen molar-refractivity contribution in [3.8, 4) is 11.3 Å². The first kappa shape index (κ1) is 22.6. The number of hydrogen-bond donors (Lipinski definition) is 0. The predicted molar refractivity (Wildman–Crippen MR) is 133 cm³/mol. The van der Waals surface area contributed by atoms with E-state index in [4.69, 9.17) is 16.6 Å². The molecule has 1 aromatic carbocycles. The molecule has 2 aliphatic carbocycles. The van der Waals surface area contributed by atoms with Crippen LogP contribution in [0.2, 0.25) is 5.02 Å². The van der Waals surface area contributed by atoms with Gasteiger partial charge in [0.2, 0.25) is 0 Å². The molecule has 0 aliphatic heterocycles. The lowest BCUT2D eigenvalue weighted by atomic mass is 9.68. The fourth-order valence-electron chi connectivity index (χ4n) is 5.98. The molecule has 0 N–H and O–H groups in total. The molecule has 2 saturated carbocycles. The smallest absolute Gasteiger partial charge is 0.0702 e. The van der Waals surface area contributed by atoms with E-state index in [2.05, 4.69) is 31.0 Å². The first-order valence-electron chi connectivity index (χ1n) is 12.5. The Morgan fingerprint density at radius 3 is 1.97 bits per heavy atom. The molecule has 0 amide bonds. The van der Waals surface area contributed by atoms with E-state index in [0.29, 0.717) is 0 Å². The van der Waals surface area contributed by atoms with Crippen molar-refractivity contribution in [3.63, 3.8) is 0 Å². The molecule has 0 saturated heterocycles. The van der Waals surface area contributed by atoms with Gasteiger partial charge in [-0.05, 0) is 98.8 Å². The van der Waals surface area contributed by atoms with Crippen LogP contribution in [0.3, 0.4) is 0 Å². The first-order chi connectivity index (χ1) is 15.2. The lowest BCUT2D eigenvalue weighted by Crippen LogP contribution is -2.26. The number of halogens is 1. The Kier molecular flexibility index (Phi) is 8.25. The Morgan fingerprint density at radius 2 is 1.42 bits per heavy atom. The highest BCUT2D eigenvalue weighted by Crippen LogP contribution is 2.43. The summed E-state index contributed by atoms with van der Waals surface area (Å²) in [5.74, 6) is 3.92. The summed E-state index contributed by atoms with van der Waals surface area (Å²) < 4.78 is 0. The van der Waals surface area contributed by atoms with E-state index >= 15 is 0 Å². The molecule has 1 aromatic heterocycles. The van der Waals surface area contributed by atoms with Crippen molar-refractivity contribution in [1.29, 1.82) is 0 Å². The minimum atomic E-state index is 0.770. The van der Waals surface area contributed by atoms with Gasteiger partial charge in [-0.2, -0.15) is 0 Å². The van der Waals surface area contributed by atoms with Crippen LogP contribution in [0.15, 0.2) is 55.3 Å². The van der Waals surface area contributed by atoms with Crippen molar-refractivity contribution < 1.29 is 0 Å². The minimum absolute atomic E-state index is 0.770. The molecule has 2 heteroatoms. The topological polar surface area (TPSA) is 12.9 Å². The van der Waals surface area contributed by atoms with Crippen molar-refractivity contribution in [2.75, 3.05) is 0 Å². The number of allylic oxidation sites excluding steroid dienone is 1. The summed E-state index contributed by atoms with van der Waals surface area (Å²) in [5.41, 5.74) is 3.53. The molecule has 31 heavy (non-hydrogen) atoms. The van der Waals surface area contributed by atoms with Crippen molar-refractivity contribution >= 4 is 11.6 Å².